The first-order chi connectivity index (χ1) is 6.49. The van der Waals surface area contributed by atoms with E-state index in [9.17, 15) is 9.59 Å². The monoisotopic (exact) mass is 204 g/mol. The molecular weight excluding hydrogens is 188 g/mol. The Morgan fingerprint density at radius 3 is 2.29 bits per heavy atom. The molecule has 0 saturated heterocycles. The summed E-state index contributed by atoms with van der Waals surface area (Å²) in [6.07, 6.45) is 1.10. The first kappa shape index (κ1) is 12.8. The summed E-state index contributed by atoms with van der Waals surface area (Å²) in [6.45, 7) is 0.430. The summed E-state index contributed by atoms with van der Waals surface area (Å²) >= 11 is 0. The predicted molar refractivity (Wildman–Crippen MR) is 49.8 cm³/mol. The molecule has 0 radical (unpaired) electrons. The van der Waals surface area contributed by atoms with Gasteiger partial charge in [0, 0.05) is 0 Å². The lowest BCUT2D eigenvalue weighted by Crippen LogP contribution is -2.61. The SMILES string of the molecule is NCCCC[C@](N)(C(=O)O)C(=O)NN. The number of nitrogens with two attached hydrogens (primary N) is 3. The molecule has 1 atom stereocenters. The zero-order valence-electron chi connectivity index (χ0n) is 7.82. The van der Waals surface area contributed by atoms with Gasteiger partial charge >= 0.3 is 5.97 Å². The molecule has 14 heavy (non-hydrogen) atoms. The van der Waals surface area contributed by atoms with Crippen LogP contribution >= 0.6 is 0 Å². The molecule has 0 aromatic carbocycles. The van der Waals surface area contributed by atoms with Gasteiger partial charge in [-0.25, -0.2) is 10.6 Å². The summed E-state index contributed by atoms with van der Waals surface area (Å²) in [7, 11) is 0. The Balaban J connectivity index is 4.40. The number of rotatable bonds is 6. The van der Waals surface area contributed by atoms with Crippen LogP contribution in [0.3, 0.4) is 0 Å². The Bertz CT molecular complexity index is 221. The number of hydrazine groups is 1. The molecule has 0 rings (SSSR count). The number of carboxylic acids is 1. The number of carbonyl (C=O) groups is 2. The van der Waals surface area contributed by atoms with Crippen molar-refractivity contribution < 1.29 is 14.7 Å². The van der Waals surface area contributed by atoms with Crippen LogP contribution in [0.5, 0.6) is 0 Å². The summed E-state index contributed by atoms with van der Waals surface area (Å²) in [5, 5.41) is 8.76. The van der Waals surface area contributed by atoms with Crippen molar-refractivity contribution in [3.8, 4) is 0 Å². The number of unbranched alkanes of at least 4 members (excludes halogenated alkanes) is 1. The lowest BCUT2D eigenvalue weighted by atomic mass is 9.93. The second kappa shape index (κ2) is 5.53. The molecule has 82 valence electrons. The Kier molecular flexibility index (Phi) is 5.06. The van der Waals surface area contributed by atoms with Crippen LogP contribution in [-0.2, 0) is 9.59 Å². The number of amides is 1. The van der Waals surface area contributed by atoms with Gasteiger partial charge in [-0.15, -0.1) is 0 Å². The van der Waals surface area contributed by atoms with E-state index in [0.717, 1.165) is 0 Å². The van der Waals surface area contributed by atoms with E-state index in [-0.39, 0.29) is 6.42 Å². The van der Waals surface area contributed by atoms with Crippen molar-refractivity contribution in [2.75, 3.05) is 6.54 Å². The second-order valence-electron chi connectivity index (χ2n) is 3.00. The van der Waals surface area contributed by atoms with Gasteiger partial charge in [0.15, 0.2) is 5.54 Å². The Labute approximate surface area is 81.6 Å². The highest BCUT2D eigenvalue weighted by molar-refractivity contribution is 6.06. The van der Waals surface area contributed by atoms with Gasteiger partial charge in [0.05, 0.1) is 0 Å². The van der Waals surface area contributed by atoms with Crippen molar-refractivity contribution in [3.05, 3.63) is 0 Å². The molecule has 7 nitrogen and oxygen atoms in total. The molecule has 0 unspecified atom stereocenters. The number of nitrogens with one attached hydrogen (secondary N) is 1. The maximum absolute atomic E-state index is 11.1. The van der Waals surface area contributed by atoms with Crippen molar-refractivity contribution in [3.63, 3.8) is 0 Å². The minimum absolute atomic E-state index is 0.0164. The topological polar surface area (TPSA) is 144 Å². The van der Waals surface area contributed by atoms with Gasteiger partial charge in [-0.2, -0.15) is 0 Å². The zero-order valence-corrected chi connectivity index (χ0v) is 7.82. The molecule has 0 spiro atoms. The van der Waals surface area contributed by atoms with Crippen molar-refractivity contribution in [2.24, 2.45) is 17.3 Å². The smallest absolute Gasteiger partial charge is 0.333 e. The van der Waals surface area contributed by atoms with Gasteiger partial charge < -0.3 is 16.6 Å². The molecule has 0 aliphatic heterocycles. The highest BCUT2D eigenvalue weighted by Gasteiger charge is 2.41. The van der Waals surface area contributed by atoms with Crippen molar-refractivity contribution >= 4 is 11.9 Å². The zero-order chi connectivity index (χ0) is 11.2. The standard InChI is InChI=1S/C7H16N4O3/c8-4-2-1-3-7(9,6(13)14)5(12)11-10/h1-4,8-10H2,(H,11,12)(H,13,14)/t7-/m1/s1. The molecule has 0 aliphatic rings. The van der Waals surface area contributed by atoms with Crippen LogP contribution in [0.1, 0.15) is 19.3 Å². The molecule has 0 aliphatic carbocycles. The number of aliphatic carboxylic acids is 1. The van der Waals surface area contributed by atoms with E-state index in [1.54, 1.807) is 5.43 Å². The van der Waals surface area contributed by atoms with Gasteiger partial charge in [-0.05, 0) is 25.8 Å². The van der Waals surface area contributed by atoms with Gasteiger partial charge in [-0.3, -0.25) is 10.2 Å². The normalized spacial score (nSPS) is 14.5. The van der Waals surface area contributed by atoms with E-state index in [1.165, 1.54) is 0 Å². The minimum Gasteiger partial charge on any atom is -0.479 e. The van der Waals surface area contributed by atoms with E-state index in [1.807, 2.05) is 0 Å². The van der Waals surface area contributed by atoms with Gasteiger partial charge in [0.25, 0.3) is 5.91 Å². The summed E-state index contributed by atoms with van der Waals surface area (Å²) in [6, 6.07) is 0. The van der Waals surface area contributed by atoms with Crippen LogP contribution in [0.25, 0.3) is 0 Å². The average molecular weight is 204 g/mol. The fourth-order valence-electron chi connectivity index (χ4n) is 0.995. The molecule has 0 saturated carbocycles. The Morgan fingerprint density at radius 1 is 1.36 bits per heavy atom. The van der Waals surface area contributed by atoms with Crippen LogP contribution in [0.2, 0.25) is 0 Å². The minimum atomic E-state index is -1.95. The molecule has 7 heteroatoms. The molecule has 0 heterocycles. The van der Waals surface area contributed by atoms with Crippen LogP contribution in [-0.4, -0.2) is 29.1 Å². The van der Waals surface area contributed by atoms with Crippen molar-refractivity contribution in [1.29, 1.82) is 0 Å². The van der Waals surface area contributed by atoms with Gasteiger partial charge in [-0.1, -0.05) is 0 Å². The molecular formula is C7H16N4O3. The third-order valence-corrected chi connectivity index (χ3v) is 1.94. The van der Waals surface area contributed by atoms with Crippen LogP contribution < -0.4 is 22.7 Å². The third-order valence-electron chi connectivity index (χ3n) is 1.94. The maximum atomic E-state index is 11.1. The highest BCUT2D eigenvalue weighted by Crippen LogP contribution is 2.11. The summed E-state index contributed by atoms with van der Waals surface area (Å²) in [5.41, 5.74) is 10.4. The van der Waals surface area contributed by atoms with E-state index < -0.39 is 17.4 Å². The number of carbonyl (C=O) groups excluding carboxylic acids is 1. The molecule has 0 fully saturated rings. The largest absolute Gasteiger partial charge is 0.479 e. The van der Waals surface area contributed by atoms with Crippen LogP contribution in [0.15, 0.2) is 0 Å². The first-order valence-electron chi connectivity index (χ1n) is 4.22. The molecule has 0 aromatic rings. The fourth-order valence-corrected chi connectivity index (χ4v) is 0.995. The van der Waals surface area contributed by atoms with E-state index in [2.05, 4.69) is 0 Å². The molecule has 1 amide bonds. The van der Waals surface area contributed by atoms with E-state index in [4.69, 9.17) is 22.4 Å². The third kappa shape index (κ3) is 2.95. The quantitative estimate of drug-likeness (QED) is 0.110. The van der Waals surface area contributed by atoms with E-state index in [0.29, 0.717) is 19.4 Å². The average Bonchev–Trinajstić information content (AvgIpc) is 2.16. The number of carboxylic acid groups (broad SMARTS) is 1. The van der Waals surface area contributed by atoms with Crippen LogP contribution in [0, 0.1) is 0 Å². The van der Waals surface area contributed by atoms with Gasteiger partial charge in [0.2, 0.25) is 0 Å². The Hall–Kier alpha value is -1.18. The Morgan fingerprint density at radius 2 is 1.93 bits per heavy atom. The number of hydrogen-bond donors (Lipinski definition) is 5. The summed E-state index contributed by atoms with van der Waals surface area (Å²) < 4.78 is 0. The van der Waals surface area contributed by atoms with Gasteiger partial charge in [0.1, 0.15) is 0 Å². The second-order valence-corrected chi connectivity index (χ2v) is 3.00. The van der Waals surface area contributed by atoms with Crippen molar-refractivity contribution in [2.45, 2.75) is 24.8 Å². The highest BCUT2D eigenvalue weighted by atomic mass is 16.4. The van der Waals surface area contributed by atoms with E-state index >= 15 is 0 Å². The first-order valence-corrected chi connectivity index (χ1v) is 4.22. The summed E-state index contributed by atoms with van der Waals surface area (Å²) in [4.78, 5) is 21.8. The number of hydrogen-bond acceptors (Lipinski definition) is 5. The lowest BCUT2D eigenvalue weighted by Gasteiger charge is -2.21. The molecule has 0 aromatic heterocycles. The lowest BCUT2D eigenvalue weighted by molar-refractivity contribution is -0.149. The van der Waals surface area contributed by atoms with Crippen molar-refractivity contribution in [1.82, 2.24) is 5.43 Å². The molecule has 8 N–H and O–H groups in total. The fraction of sp³-hybridized carbons (Fsp3) is 0.714. The molecule has 0 bridgehead atoms. The predicted octanol–water partition coefficient (Wildman–Crippen LogP) is -2.11. The maximum Gasteiger partial charge on any atom is 0.333 e. The van der Waals surface area contributed by atoms with Crippen LogP contribution in [0.4, 0.5) is 0 Å². The summed E-state index contributed by atoms with van der Waals surface area (Å²) in [5.74, 6) is 2.54.